The van der Waals surface area contributed by atoms with Crippen LogP contribution in [0.3, 0.4) is 0 Å². The fourth-order valence-electron chi connectivity index (χ4n) is 3.59. The first-order valence-corrected chi connectivity index (χ1v) is 11.9. The zero-order valence-electron chi connectivity index (χ0n) is 17.5. The lowest BCUT2D eigenvalue weighted by molar-refractivity contribution is -0.120. The van der Waals surface area contributed by atoms with Gasteiger partial charge < -0.3 is 14.8 Å². The van der Waals surface area contributed by atoms with Crippen molar-refractivity contribution in [3.05, 3.63) is 64.6 Å². The number of aryl methyl sites for hydroxylation is 1. The van der Waals surface area contributed by atoms with Crippen molar-refractivity contribution in [2.75, 3.05) is 25.4 Å². The van der Waals surface area contributed by atoms with Crippen molar-refractivity contribution in [1.29, 1.82) is 0 Å². The lowest BCUT2D eigenvalue weighted by Crippen LogP contribution is -2.43. The van der Waals surface area contributed by atoms with Crippen molar-refractivity contribution in [1.82, 2.24) is 14.8 Å². The van der Waals surface area contributed by atoms with Gasteiger partial charge in [-0.05, 0) is 43.0 Å². The maximum absolute atomic E-state index is 12.6. The molecule has 1 aromatic carbocycles. The fraction of sp³-hybridized carbons (Fsp3) is 0.409. The third-order valence-corrected chi connectivity index (χ3v) is 7.28. The zero-order valence-corrected chi connectivity index (χ0v) is 18.3. The van der Waals surface area contributed by atoms with E-state index < -0.39 is 9.84 Å². The largest absolute Gasteiger partial charge is 0.356 e. The summed E-state index contributed by atoms with van der Waals surface area (Å²) in [5.41, 5.74) is -0.149. The Morgan fingerprint density at radius 2 is 1.74 bits per heavy atom. The average Bonchev–Trinajstić information content (AvgIpc) is 2.78. The summed E-state index contributed by atoms with van der Waals surface area (Å²) in [5, 5.41) is 2.81. The van der Waals surface area contributed by atoms with Gasteiger partial charge in [-0.1, -0.05) is 18.2 Å². The van der Waals surface area contributed by atoms with E-state index in [-0.39, 0.29) is 45.9 Å². The van der Waals surface area contributed by atoms with Crippen molar-refractivity contribution < 1.29 is 18.0 Å². The molecule has 1 aliphatic rings. The first-order chi connectivity index (χ1) is 14.8. The van der Waals surface area contributed by atoms with Crippen LogP contribution in [-0.4, -0.2) is 55.1 Å². The van der Waals surface area contributed by atoms with Gasteiger partial charge in [-0.15, -0.1) is 0 Å². The van der Waals surface area contributed by atoms with Crippen LogP contribution in [0.15, 0.2) is 58.4 Å². The molecule has 0 radical (unpaired) electrons. The molecule has 0 aliphatic carbocycles. The molecule has 2 aromatic rings. The molecule has 166 valence electrons. The Kier molecular flexibility index (Phi) is 7.27. The number of hydrogen-bond acceptors (Lipinski definition) is 5. The first-order valence-electron chi connectivity index (χ1n) is 10.3. The second kappa shape index (κ2) is 9.91. The number of pyridine rings is 1. The molecule has 9 heteroatoms. The van der Waals surface area contributed by atoms with E-state index in [2.05, 4.69) is 5.32 Å². The van der Waals surface area contributed by atoms with Gasteiger partial charge in [0.1, 0.15) is 5.56 Å². The molecule has 1 aliphatic heterocycles. The molecular weight excluding hydrogens is 418 g/mol. The maximum atomic E-state index is 12.6. The van der Waals surface area contributed by atoms with Gasteiger partial charge in [0, 0.05) is 39.3 Å². The van der Waals surface area contributed by atoms with Crippen LogP contribution in [0.1, 0.15) is 29.6 Å². The Hall–Kier alpha value is -2.94. The van der Waals surface area contributed by atoms with E-state index in [1.807, 2.05) is 0 Å². The lowest BCUT2D eigenvalue weighted by atomic mass is 9.96. The summed E-state index contributed by atoms with van der Waals surface area (Å²) in [5.74, 6) is -0.597. The van der Waals surface area contributed by atoms with Crippen LogP contribution >= 0.6 is 0 Å². The normalized spacial score (nSPS) is 14.9. The highest BCUT2D eigenvalue weighted by atomic mass is 32.2. The monoisotopic (exact) mass is 445 g/mol. The predicted octanol–water partition coefficient (Wildman–Crippen LogP) is 1.22. The topological polar surface area (TPSA) is 106 Å². The van der Waals surface area contributed by atoms with Crippen LogP contribution in [-0.2, 0) is 21.7 Å². The standard InChI is InChI=1S/C22H27N3O5S/c1-24-12-5-8-19(21(24)27)22(28)25-13-9-17(10-14-25)16-23-20(26)11-15-31(29,30)18-6-3-2-4-7-18/h2-8,12,17H,9-11,13-16H2,1H3,(H,23,26). The van der Waals surface area contributed by atoms with Gasteiger partial charge in [0.2, 0.25) is 5.91 Å². The summed E-state index contributed by atoms with van der Waals surface area (Å²) >= 11 is 0. The lowest BCUT2D eigenvalue weighted by Gasteiger charge is -2.32. The summed E-state index contributed by atoms with van der Waals surface area (Å²) in [6.07, 6.45) is 2.94. The molecule has 0 unspecified atom stereocenters. The summed E-state index contributed by atoms with van der Waals surface area (Å²) in [6, 6.07) is 11.3. The van der Waals surface area contributed by atoms with E-state index in [1.54, 1.807) is 48.5 Å². The second-order valence-corrected chi connectivity index (χ2v) is 9.87. The van der Waals surface area contributed by atoms with Gasteiger partial charge in [0.05, 0.1) is 10.6 Å². The molecule has 2 amide bonds. The Morgan fingerprint density at radius 1 is 1.06 bits per heavy atom. The SMILES string of the molecule is Cn1cccc(C(=O)N2CCC(CNC(=O)CCS(=O)(=O)c3ccccc3)CC2)c1=O. The number of aromatic nitrogens is 1. The smallest absolute Gasteiger partial charge is 0.263 e. The Labute approximate surface area is 181 Å². The molecule has 0 atom stereocenters. The van der Waals surface area contributed by atoms with E-state index in [0.29, 0.717) is 32.5 Å². The van der Waals surface area contributed by atoms with Gasteiger partial charge in [0.15, 0.2) is 9.84 Å². The molecular formula is C22H27N3O5S. The highest BCUT2D eigenvalue weighted by Crippen LogP contribution is 2.18. The summed E-state index contributed by atoms with van der Waals surface area (Å²) in [7, 11) is -1.87. The van der Waals surface area contributed by atoms with Gasteiger partial charge in [-0.2, -0.15) is 0 Å². The number of carbonyl (C=O) groups is 2. The van der Waals surface area contributed by atoms with E-state index >= 15 is 0 Å². The van der Waals surface area contributed by atoms with Gasteiger partial charge in [-0.25, -0.2) is 8.42 Å². The number of likely N-dealkylation sites (tertiary alicyclic amines) is 1. The predicted molar refractivity (Wildman–Crippen MR) is 116 cm³/mol. The molecule has 1 aromatic heterocycles. The minimum absolute atomic E-state index is 0.0914. The fourth-order valence-corrected chi connectivity index (χ4v) is 4.85. The van der Waals surface area contributed by atoms with E-state index in [1.165, 1.54) is 16.7 Å². The summed E-state index contributed by atoms with van der Waals surface area (Å²) in [4.78, 5) is 38.8. The zero-order chi connectivity index (χ0) is 22.4. The quantitative estimate of drug-likeness (QED) is 0.690. The molecule has 3 rings (SSSR count). The number of rotatable bonds is 7. The van der Waals surface area contributed by atoms with E-state index in [0.717, 1.165) is 0 Å². The molecule has 2 heterocycles. The summed E-state index contributed by atoms with van der Waals surface area (Å²) in [6.45, 7) is 1.47. The molecule has 0 bridgehead atoms. The van der Waals surface area contributed by atoms with Crippen molar-refractivity contribution >= 4 is 21.7 Å². The minimum Gasteiger partial charge on any atom is -0.356 e. The highest BCUT2D eigenvalue weighted by Gasteiger charge is 2.25. The minimum atomic E-state index is -3.48. The van der Waals surface area contributed by atoms with Crippen LogP contribution in [0.25, 0.3) is 0 Å². The number of benzene rings is 1. The van der Waals surface area contributed by atoms with Crippen LogP contribution in [0.4, 0.5) is 0 Å². The second-order valence-electron chi connectivity index (χ2n) is 7.76. The molecule has 1 fully saturated rings. The van der Waals surface area contributed by atoms with E-state index in [9.17, 15) is 22.8 Å². The molecule has 8 nitrogen and oxygen atoms in total. The Bertz CT molecular complexity index is 1090. The van der Waals surface area contributed by atoms with Crippen LogP contribution < -0.4 is 10.9 Å². The number of sulfone groups is 1. The van der Waals surface area contributed by atoms with Crippen molar-refractivity contribution in [2.45, 2.75) is 24.2 Å². The van der Waals surface area contributed by atoms with Gasteiger partial charge >= 0.3 is 0 Å². The van der Waals surface area contributed by atoms with Gasteiger partial charge in [-0.3, -0.25) is 14.4 Å². The molecule has 0 saturated carbocycles. The molecule has 31 heavy (non-hydrogen) atoms. The van der Waals surface area contributed by atoms with Crippen LogP contribution in [0.5, 0.6) is 0 Å². The highest BCUT2D eigenvalue weighted by molar-refractivity contribution is 7.91. The van der Waals surface area contributed by atoms with Crippen LogP contribution in [0.2, 0.25) is 0 Å². The van der Waals surface area contributed by atoms with Crippen molar-refractivity contribution in [3.8, 4) is 0 Å². The van der Waals surface area contributed by atoms with E-state index in [4.69, 9.17) is 0 Å². The third-order valence-electron chi connectivity index (χ3n) is 5.54. The van der Waals surface area contributed by atoms with Crippen molar-refractivity contribution in [3.63, 3.8) is 0 Å². The Balaban J connectivity index is 1.43. The third kappa shape index (κ3) is 5.81. The van der Waals surface area contributed by atoms with Crippen molar-refractivity contribution in [2.24, 2.45) is 13.0 Å². The first kappa shape index (κ1) is 22.7. The number of piperidine rings is 1. The maximum Gasteiger partial charge on any atom is 0.263 e. The van der Waals surface area contributed by atoms with Crippen LogP contribution in [0, 0.1) is 5.92 Å². The number of amides is 2. The number of nitrogens with one attached hydrogen (secondary N) is 1. The van der Waals surface area contributed by atoms with Gasteiger partial charge in [0.25, 0.3) is 11.5 Å². The number of carbonyl (C=O) groups excluding carboxylic acids is 2. The number of hydrogen-bond donors (Lipinski definition) is 1. The summed E-state index contributed by atoms with van der Waals surface area (Å²) < 4.78 is 25.9. The number of nitrogens with zero attached hydrogens (tertiary/aromatic N) is 2. The average molecular weight is 446 g/mol. The molecule has 1 N–H and O–H groups in total. The molecule has 0 spiro atoms. The molecule has 1 saturated heterocycles. The Morgan fingerprint density at radius 3 is 2.42 bits per heavy atom.